The van der Waals surface area contributed by atoms with E-state index in [1.807, 2.05) is 6.20 Å². The van der Waals surface area contributed by atoms with Crippen LogP contribution in [-0.4, -0.2) is 31.6 Å². The van der Waals surface area contributed by atoms with Crippen LogP contribution in [0.4, 0.5) is 0 Å². The standard InChI is InChI=1S/C19H30N4O/c1-13(2)23-19(9-10-21-23)22-14(3)11-16(15(22)4)12-20-17-5-7-18(24)8-6-17/h9-11,13,17-18,20,24H,5-8,12H2,1-4H3/p+1. The van der Waals surface area contributed by atoms with E-state index in [2.05, 4.69) is 59.5 Å². The second-order valence-corrected chi connectivity index (χ2v) is 7.47. The van der Waals surface area contributed by atoms with Crippen LogP contribution in [0.1, 0.15) is 62.5 Å². The zero-order valence-corrected chi connectivity index (χ0v) is 15.4. The summed E-state index contributed by atoms with van der Waals surface area (Å²) in [4.78, 5) is 0. The first kappa shape index (κ1) is 17.2. The quantitative estimate of drug-likeness (QED) is 0.883. The average Bonchev–Trinajstić information content (AvgIpc) is 3.11. The van der Waals surface area contributed by atoms with Gasteiger partial charge in [-0.15, -0.1) is 0 Å². The van der Waals surface area contributed by atoms with Crippen LogP contribution in [0.15, 0.2) is 18.3 Å². The topological polar surface area (TPSA) is 59.6 Å². The molecule has 0 spiro atoms. The van der Waals surface area contributed by atoms with E-state index >= 15 is 0 Å². The van der Waals surface area contributed by atoms with Gasteiger partial charge in [-0.1, -0.05) is 0 Å². The Morgan fingerprint density at radius 3 is 2.62 bits per heavy atom. The first-order chi connectivity index (χ1) is 11.5. The number of aliphatic hydroxyl groups is 1. The van der Waals surface area contributed by atoms with Crippen LogP contribution in [0, 0.1) is 13.8 Å². The number of aromatic nitrogens is 3. The molecule has 0 bridgehead atoms. The number of rotatable bonds is 5. The first-order valence-corrected chi connectivity index (χ1v) is 9.20. The van der Waals surface area contributed by atoms with Crippen molar-refractivity contribution in [3.8, 4) is 5.82 Å². The summed E-state index contributed by atoms with van der Waals surface area (Å²) < 4.78 is 4.40. The molecule has 0 atom stereocenters. The minimum absolute atomic E-state index is 0.0731. The number of nitrogens with zero attached hydrogens (tertiary/aromatic N) is 3. The van der Waals surface area contributed by atoms with Gasteiger partial charge in [-0.25, -0.2) is 4.68 Å². The minimum Gasteiger partial charge on any atom is -0.393 e. The van der Waals surface area contributed by atoms with E-state index in [-0.39, 0.29) is 6.10 Å². The molecule has 2 heterocycles. The van der Waals surface area contributed by atoms with Crippen molar-refractivity contribution in [1.29, 1.82) is 0 Å². The molecule has 1 fully saturated rings. The highest BCUT2D eigenvalue weighted by molar-refractivity contribution is 5.36. The lowest BCUT2D eigenvalue weighted by Gasteiger charge is -2.23. The third kappa shape index (κ3) is 3.42. The number of hydrogen-bond acceptors (Lipinski definition) is 2. The maximum absolute atomic E-state index is 9.65. The normalized spacial score (nSPS) is 21.6. The smallest absolute Gasteiger partial charge is 0.135 e. The Balaban J connectivity index is 1.76. The summed E-state index contributed by atoms with van der Waals surface area (Å²) in [5.74, 6) is 1.15. The molecule has 1 saturated carbocycles. The lowest BCUT2D eigenvalue weighted by molar-refractivity contribution is -0.707. The van der Waals surface area contributed by atoms with Crippen molar-refractivity contribution in [3.05, 3.63) is 35.3 Å². The Morgan fingerprint density at radius 2 is 1.96 bits per heavy atom. The molecule has 1 aliphatic carbocycles. The zero-order valence-electron chi connectivity index (χ0n) is 15.4. The van der Waals surface area contributed by atoms with E-state index in [1.54, 1.807) is 0 Å². The molecule has 5 nitrogen and oxygen atoms in total. The van der Waals surface area contributed by atoms with Gasteiger partial charge in [0.15, 0.2) is 0 Å². The number of aliphatic hydroxyl groups excluding tert-OH is 1. The zero-order chi connectivity index (χ0) is 17.3. The Hall–Kier alpha value is -1.59. The van der Waals surface area contributed by atoms with Gasteiger partial charge in [0.25, 0.3) is 0 Å². The van der Waals surface area contributed by atoms with Crippen LogP contribution in [0.25, 0.3) is 5.82 Å². The van der Waals surface area contributed by atoms with Crippen LogP contribution in [0.5, 0.6) is 0 Å². The van der Waals surface area contributed by atoms with E-state index < -0.39 is 0 Å². The Labute approximate surface area is 144 Å². The molecule has 3 N–H and O–H groups in total. The largest absolute Gasteiger partial charge is 0.393 e. The summed E-state index contributed by atoms with van der Waals surface area (Å²) in [5, 5.41) is 16.6. The molecule has 0 unspecified atom stereocenters. The summed E-state index contributed by atoms with van der Waals surface area (Å²) in [6, 6.07) is 5.40. The van der Waals surface area contributed by atoms with Gasteiger partial charge in [0.2, 0.25) is 0 Å². The Bertz CT molecular complexity index is 678. The number of quaternary nitrogens is 1. The molecule has 2 aromatic heterocycles. The first-order valence-electron chi connectivity index (χ1n) is 9.20. The lowest BCUT2D eigenvalue weighted by atomic mass is 9.93. The molecule has 24 heavy (non-hydrogen) atoms. The second-order valence-electron chi connectivity index (χ2n) is 7.47. The van der Waals surface area contributed by atoms with Crippen molar-refractivity contribution in [1.82, 2.24) is 14.3 Å². The fraction of sp³-hybridized carbons (Fsp3) is 0.632. The summed E-state index contributed by atoms with van der Waals surface area (Å²) in [5.41, 5.74) is 3.97. The minimum atomic E-state index is -0.0731. The molecule has 0 aromatic carbocycles. The summed E-state index contributed by atoms with van der Waals surface area (Å²) >= 11 is 0. The van der Waals surface area contributed by atoms with Crippen molar-refractivity contribution in [2.75, 3.05) is 0 Å². The molecule has 5 heteroatoms. The molecule has 3 rings (SSSR count). The lowest BCUT2D eigenvalue weighted by Crippen LogP contribution is -2.89. The number of aryl methyl sites for hydroxylation is 1. The van der Waals surface area contributed by atoms with Gasteiger partial charge in [0.1, 0.15) is 12.4 Å². The van der Waals surface area contributed by atoms with Crippen LogP contribution in [0.3, 0.4) is 0 Å². The number of hydrogen-bond donors (Lipinski definition) is 2. The highest BCUT2D eigenvalue weighted by Crippen LogP contribution is 2.22. The summed E-state index contributed by atoms with van der Waals surface area (Å²) in [6.45, 7) is 9.72. The van der Waals surface area contributed by atoms with Crippen LogP contribution >= 0.6 is 0 Å². The molecule has 2 aromatic rings. The van der Waals surface area contributed by atoms with E-state index in [0.717, 1.165) is 38.0 Å². The van der Waals surface area contributed by atoms with Gasteiger partial charge in [0, 0.05) is 41.9 Å². The molecule has 0 radical (unpaired) electrons. The van der Waals surface area contributed by atoms with E-state index in [0.29, 0.717) is 12.1 Å². The fourth-order valence-corrected chi connectivity index (χ4v) is 3.90. The highest BCUT2D eigenvalue weighted by atomic mass is 16.3. The van der Waals surface area contributed by atoms with Crippen molar-refractivity contribution in [2.24, 2.45) is 0 Å². The van der Waals surface area contributed by atoms with E-state index in [4.69, 9.17) is 0 Å². The second kappa shape index (κ2) is 7.11. The predicted octanol–water partition coefficient (Wildman–Crippen LogP) is 2.24. The fourth-order valence-electron chi connectivity index (χ4n) is 3.90. The molecular formula is C19H31N4O+. The molecule has 0 amide bonds. The Kier molecular flexibility index (Phi) is 5.11. The predicted molar refractivity (Wildman–Crippen MR) is 95.3 cm³/mol. The van der Waals surface area contributed by atoms with Crippen LogP contribution in [0.2, 0.25) is 0 Å². The van der Waals surface area contributed by atoms with Crippen LogP contribution < -0.4 is 5.32 Å². The summed E-state index contributed by atoms with van der Waals surface area (Å²) in [6.07, 6.45) is 5.96. The SMILES string of the molecule is Cc1cc(C[NH2+]C2CCC(O)CC2)c(C)n1-c1ccnn1C(C)C. The third-order valence-corrected chi connectivity index (χ3v) is 5.32. The number of nitrogens with two attached hydrogens (primary N) is 1. The third-order valence-electron chi connectivity index (χ3n) is 5.32. The summed E-state index contributed by atoms with van der Waals surface area (Å²) in [7, 11) is 0. The molecule has 132 valence electrons. The van der Waals surface area contributed by atoms with Crippen molar-refractivity contribution in [3.63, 3.8) is 0 Å². The Morgan fingerprint density at radius 1 is 1.25 bits per heavy atom. The van der Waals surface area contributed by atoms with Gasteiger partial charge >= 0.3 is 0 Å². The van der Waals surface area contributed by atoms with Gasteiger partial charge < -0.3 is 15.0 Å². The van der Waals surface area contributed by atoms with E-state index in [1.165, 1.54) is 17.0 Å². The van der Waals surface area contributed by atoms with Gasteiger partial charge in [0.05, 0.1) is 18.3 Å². The van der Waals surface area contributed by atoms with Gasteiger partial charge in [-0.2, -0.15) is 5.10 Å². The highest BCUT2D eigenvalue weighted by Gasteiger charge is 2.22. The van der Waals surface area contributed by atoms with Crippen molar-refractivity contribution >= 4 is 0 Å². The van der Waals surface area contributed by atoms with Gasteiger partial charge in [-0.3, -0.25) is 0 Å². The van der Waals surface area contributed by atoms with Crippen LogP contribution in [-0.2, 0) is 6.54 Å². The average molecular weight is 331 g/mol. The van der Waals surface area contributed by atoms with Crippen molar-refractivity contribution < 1.29 is 10.4 Å². The molecular weight excluding hydrogens is 300 g/mol. The molecule has 0 saturated heterocycles. The van der Waals surface area contributed by atoms with Crippen molar-refractivity contribution in [2.45, 2.75) is 78.1 Å². The maximum atomic E-state index is 9.65. The van der Waals surface area contributed by atoms with E-state index in [9.17, 15) is 5.11 Å². The molecule has 0 aliphatic heterocycles. The van der Waals surface area contributed by atoms with Gasteiger partial charge in [-0.05, 0) is 46.6 Å². The maximum Gasteiger partial charge on any atom is 0.135 e. The monoisotopic (exact) mass is 331 g/mol. The molecule has 1 aliphatic rings.